The Labute approximate surface area is 127 Å². The first-order chi connectivity index (χ1) is 10.1. The normalized spacial score (nSPS) is 13.1. The minimum absolute atomic E-state index is 0.269. The number of aromatic nitrogens is 7. The van der Waals surface area contributed by atoms with Crippen molar-refractivity contribution in [2.24, 2.45) is 0 Å². The minimum atomic E-state index is 0.269. The fourth-order valence-electron chi connectivity index (χ4n) is 2.32. The lowest BCUT2D eigenvalue weighted by Gasteiger charge is -2.08. The molecular formula is C13H19N7S. The van der Waals surface area contributed by atoms with Crippen LogP contribution >= 0.6 is 11.3 Å². The number of nitrogens with zero attached hydrogens (tertiary/aromatic N) is 7. The summed E-state index contributed by atoms with van der Waals surface area (Å²) >= 11 is 1.60. The van der Waals surface area contributed by atoms with Crippen molar-refractivity contribution >= 4 is 16.3 Å². The molecule has 0 aromatic carbocycles. The predicted molar refractivity (Wildman–Crippen MR) is 80.6 cm³/mol. The molecule has 3 heterocycles. The van der Waals surface area contributed by atoms with Gasteiger partial charge in [-0.3, -0.25) is 0 Å². The third-order valence-corrected chi connectivity index (χ3v) is 4.51. The lowest BCUT2D eigenvalue weighted by Crippen LogP contribution is -2.10. The Hall–Kier alpha value is -1.83. The van der Waals surface area contributed by atoms with Gasteiger partial charge < -0.3 is 0 Å². The number of hydrogen-bond donors (Lipinski definition) is 0. The molecule has 0 aliphatic carbocycles. The van der Waals surface area contributed by atoms with E-state index in [0.29, 0.717) is 0 Å². The lowest BCUT2D eigenvalue weighted by molar-refractivity contribution is 0.521. The molecule has 1 atom stereocenters. The summed E-state index contributed by atoms with van der Waals surface area (Å²) in [5, 5.41) is 18.5. The largest absolute Gasteiger partial charge is 0.249 e. The Balaban J connectivity index is 1.84. The molecule has 3 aromatic rings. The molecule has 8 heteroatoms. The molecule has 0 saturated heterocycles. The van der Waals surface area contributed by atoms with Gasteiger partial charge in [0.2, 0.25) is 4.96 Å². The van der Waals surface area contributed by atoms with Gasteiger partial charge in [-0.15, -0.1) is 10.2 Å². The van der Waals surface area contributed by atoms with Crippen molar-refractivity contribution in [1.29, 1.82) is 0 Å². The first kappa shape index (κ1) is 14.1. The molecule has 0 spiro atoms. The predicted octanol–water partition coefficient (Wildman–Crippen LogP) is 2.15. The molecule has 112 valence electrons. The molecule has 3 aromatic heterocycles. The highest BCUT2D eigenvalue weighted by Crippen LogP contribution is 2.24. The first-order valence-electron chi connectivity index (χ1n) is 7.17. The third-order valence-electron chi connectivity index (χ3n) is 3.38. The number of aryl methyl sites for hydroxylation is 3. The van der Waals surface area contributed by atoms with Gasteiger partial charge in [-0.05, 0) is 20.3 Å². The summed E-state index contributed by atoms with van der Waals surface area (Å²) in [4.78, 5) is 5.20. The molecule has 0 bridgehead atoms. The quantitative estimate of drug-likeness (QED) is 0.722. The van der Waals surface area contributed by atoms with Crippen molar-refractivity contribution in [1.82, 2.24) is 34.6 Å². The second-order valence-corrected chi connectivity index (χ2v) is 6.28. The molecular weight excluding hydrogens is 286 g/mol. The van der Waals surface area contributed by atoms with E-state index in [4.69, 9.17) is 0 Å². The standard InChI is InChI=1S/C13H19N7S/c1-5-6-11-15-16-13-20(11)18-12(21-13)8(2)7-19-10(4)14-9(3)17-19/h8H,5-7H2,1-4H3/t8-/m1/s1. The van der Waals surface area contributed by atoms with Crippen LogP contribution in [0.5, 0.6) is 0 Å². The van der Waals surface area contributed by atoms with Gasteiger partial charge in [-0.1, -0.05) is 25.2 Å². The monoisotopic (exact) mass is 305 g/mol. The Morgan fingerprint density at radius 1 is 1.19 bits per heavy atom. The molecule has 21 heavy (non-hydrogen) atoms. The van der Waals surface area contributed by atoms with Gasteiger partial charge in [0.1, 0.15) is 16.7 Å². The van der Waals surface area contributed by atoms with E-state index < -0.39 is 0 Å². The van der Waals surface area contributed by atoms with Crippen molar-refractivity contribution in [2.75, 3.05) is 0 Å². The van der Waals surface area contributed by atoms with Gasteiger partial charge in [0.15, 0.2) is 5.82 Å². The van der Waals surface area contributed by atoms with E-state index >= 15 is 0 Å². The van der Waals surface area contributed by atoms with E-state index in [1.165, 1.54) is 0 Å². The lowest BCUT2D eigenvalue weighted by atomic mass is 10.2. The van der Waals surface area contributed by atoms with E-state index in [9.17, 15) is 0 Å². The molecule has 0 saturated carbocycles. The molecule has 0 amide bonds. The molecule has 7 nitrogen and oxygen atoms in total. The summed E-state index contributed by atoms with van der Waals surface area (Å²) in [6.45, 7) is 8.95. The average Bonchev–Trinajstić information content (AvgIpc) is 3.07. The maximum absolute atomic E-state index is 4.67. The van der Waals surface area contributed by atoms with Crippen LogP contribution in [0.3, 0.4) is 0 Å². The summed E-state index contributed by atoms with van der Waals surface area (Å²) in [5.74, 6) is 2.96. The summed E-state index contributed by atoms with van der Waals surface area (Å²) in [7, 11) is 0. The Bertz CT molecular complexity index is 754. The maximum atomic E-state index is 4.67. The van der Waals surface area contributed by atoms with Gasteiger partial charge in [0.05, 0.1) is 6.54 Å². The smallest absolute Gasteiger partial charge is 0.234 e. The van der Waals surface area contributed by atoms with Crippen molar-refractivity contribution in [2.45, 2.75) is 53.0 Å². The van der Waals surface area contributed by atoms with Crippen LogP contribution in [0.2, 0.25) is 0 Å². The Morgan fingerprint density at radius 2 is 2.00 bits per heavy atom. The molecule has 0 N–H and O–H groups in total. The van der Waals surface area contributed by atoms with E-state index in [-0.39, 0.29) is 5.92 Å². The van der Waals surface area contributed by atoms with Crippen molar-refractivity contribution in [3.8, 4) is 0 Å². The fourth-order valence-corrected chi connectivity index (χ4v) is 3.22. The topological polar surface area (TPSA) is 73.8 Å². The van der Waals surface area contributed by atoms with Crippen LogP contribution in [0.15, 0.2) is 0 Å². The van der Waals surface area contributed by atoms with Gasteiger partial charge in [-0.25, -0.2) is 9.67 Å². The summed E-state index contributed by atoms with van der Waals surface area (Å²) in [5.41, 5.74) is 0. The molecule has 0 aliphatic rings. The van der Waals surface area contributed by atoms with Crippen molar-refractivity contribution in [3.05, 3.63) is 22.5 Å². The maximum Gasteiger partial charge on any atom is 0.234 e. The zero-order valence-corrected chi connectivity index (χ0v) is 13.6. The van der Waals surface area contributed by atoms with Crippen LogP contribution in [0, 0.1) is 13.8 Å². The third kappa shape index (κ3) is 2.67. The average molecular weight is 305 g/mol. The highest BCUT2D eigenvalue weighted by Gasteiger charge is 2.17. The van der Waals surface area contributed by atoms with Crippen molar-refractivity contribution < 1.29 is 0 Å². The van der Waals surface area contributed by atoms with E-state index in [1.54, 1.807) is 11.3 Å². The first-order valence-corrected chi connectivity index (χ1v) is 7.99. The van der Waals surface area contributed by atoms with E-state index in [1.807, 2.05) is 23.0 Å². The SMILES string of the molecule is CCCc1nnc2sc([C@H](C)Cn3nc(C)nc3C)nn12. The second-order valence-electron chi connectivity index (χ2n) is 5.29. The van der Waals surface area contributed by atoms with Gasteiger partial charge >= 0.3 is 0 Å². The fraction of sp³-hybridized carbons (Fsp3) is 0.615. The van der Waals surface area contributed by atoms with E-state index in [0.717, 1.165) is 46.8 Å². The number of hydrogen-bond acceptors (Lipinski definition) is 6. The van der Waals surface area contributed by atoms with Gasteiger partial charge in [0, 0.05) is 12.3 Å². The second kappa shape index (κ2) is 5.51. The van der Waals surface area contributed by atoms with Crippen LogP contribution in [0.4, 0.5) is 0 Å². The summed E-state index contributed by atoms with van der Waals surface area (Å²) in [6.07, 6.45) is 1.95. The zero-order chi connectivity index (χ0) is 15.0. The Morgan fingerprint density at radius 3 is 2.67 bits per heavy atom. The van der Waals surface area contributed by atoms with Crippen LogP contribution in [0.1, 0.15) is 48.7 Å². The number of fused-ring (bicyclic) bond motifs is 1. The summed E-state index contributed by atoms with van der Waals surface area (Å²) < 4.78 is 3.81. The van der Waals surface area contributed by atoms with Crippen LogP contribution < -0.4 is 0 Å². The highest BCUT2D eigenvalue weighted by atomic mass is 32.1. The van der Waals surface area contributed by atoms with Crippen LogP contribution in [-0.2, 0) is 13.0 Å². The number of rotatable bonds is 5. The molecule has 3 rings (SSSR count). The highest BCUT2D eigenvalue weighted by molar-refractivity contribution is 7.16. The molecule has 0 radical (unpaired) electrons. The van der Waals surface area contributed by atoms with Crippen molar-refractivity contribution in [3.63, 3.8) is 0 Å². The molecule has 0 unspecified atom stereocenters. The minimum Gasteiger partial charge on any atom is -0.249 e. The molecule has 0 fully saturated rings. The van der Waals surface area contributed by atoms with Gasteiger partial charge in [-0.2, -0.15) is 14.7 Å². The van der Waals surface area contributed by atoms with Crippen LogP contribution in [-0.4, -0.2) is 34.6 Å². The van der Waals surface area contributed by atoms with Gasteiger partial charge in [0.25, 0.3) is 0 Å². The summed E-state index contributed by atoms with van der Waals surface area (Å²) in [6, 6.07) is 0. The van der Waals surface area contributed by atoms with E-state index in [2.05, 4.69) is 39.2 Å². The zero-order valence-electron chi connectivity index (χ0n) is 12.7. The molecule has 0 aliphatic heterocycles. The Kier molecular flexibility index (Phi) is 3.71. The van der Waals surface area contributed by atoms with Crippen LogP contribution in [0.25, 0.3) is 4.96 Å².